The van der Waals surface area contributed by atoms with E-state index in [-0.39, 0.29) is 18.9 Å². The van der Waals surface area contributed by atoms with E-state index >= 15 is 0 Å². The average Bonchev–Trinajstić information content (AvgIpc) is 2.67. The number of hydrogen-bond acceptors (Lipinski definition) is 5. The molecule has 0 saturated heterocycles. The van der Waals surface area contributed by atoms with Gasteiger partial charge in [0.05, 0.1) is 10.5 Å². The standard InChI is InChI=1S/C20H19Br2NO5/c1-3-28-23-19(20(24)25)15-7-5-4-6-14(15)12-27-17-10-13(11-18(21)22)8-9-16(17)26-2/h4-11H,3,12H2,1-2H3,(H,24,25). The van der Waals surface area contributed by atoms with E-state index in [2.05, 4.69) is 37.0 Å². The van der Waals surface area contributed by atoms with Crippen molar-refractivity contribution in [2.45, 2.75) is 13.5 Å². The molecule has 6 nitrogen and oxygen atoms in total. The minimum atomic E-state index is -1.17. The number of carbonyl (C=O) groups is 1. The number of hydrogen-bond donors (Lipinski definition) is 1. The van der Waals surface area contributed by atoms with Crippen molar-refractivity contribution in [2.75, 3.05) is 13.7 Å². The first kappa shape index (κ1) is 22.0. The van der Waals surface area contributed by atoms with Gasteiger partial charge in [0.15, 0.2) is 17.2 Å². The molecule has 0 aliphatic carbocycles. The molecule has 0 unspecified atom stereocenters. The number of carboxylic acid groups (broad SMARTS) is 1. The summed E-state index contributed by atoms with van der Waals surface area (Å²) < 4.78 is 12.1. The van der Waals surface area contributed by atoms with E-state index in [0.717, 1.165) is 8.96 Å². The molecule has 8 heteroatoms. The lowest BCUT2D eigenvalue weighted by molar-refractivity contribution is -0.129. The maximum atomic E-state index is 11.6. The Morgan fingerprint density at radius 1 is 1.18 bits per heavy atom. The topological polar surface area (TPSA) is 77.4 Å². The van der Waals surface area contributed by atoms with Crippen molar-refractivity contribution in [3.05, 3.63) is 62.5 Å². The number of aliphatic carboxylic acids is 1. The van der Waals surface area contributed by atoms with Crippen LogP contribution in [0, 0.1) is 0 Å². The minimum Gasteiger partial charge on any atom is -0.493 e. The molecule has 28 heavy (non-hydrogen) atoms. The second-order valence-corrected chi connectivity index (χ2v) is 8.23. The fourth-order valence-electron chi connectivity index (χ4n) is 2.39. The Kier molecular flexibility index (Phi) is 8.53. The van der Waals surface area contributed by atoms with Crippen molar-refractivity contribution >= 4 is 49.6 Å². The molecule has 2 aromatic rings. The molecule has 0 fully saturated rings. The van der Waals surface area contributed by atoms with Crippen LogP contribution in [0.1, 0.15) is 23.6 Å². The molecule has 0 saturated carbocycles. The highest BCUT2D eigenvalue weighted by molar-refractivity contribution is 9.28. The van der Waals surface area contributed by atoms with Crippen molar-refractivity contribution in [1.82, 2.24) is 0 Å². The summed E-state index contributed by atoms with van der Waals surface area (Å²) >= 11 is 6.66. The molecule has 0 aromatic heterocycles. The Morgan fingerprint density at radius 3 is 2.57 bits per heavy atom. The third-order valence-electron chi connectivity index (χ3n) is 3.61. The summed E-state index contributed by atoms with van der Waals surface area (Å²) in [6, 6.07) is 12.5. The van der Waals surface area contributed by atoms with E-state index in [4.69, 9.17) is 14.3 Å². The number of ether oxygens (including phenoxy) is 2. The zero-order valence-corrected chi connectivity index (χ0v) is 18.5. The first-order valence-corrected chi connectivity index (χ1v) is 9.90. The Labute approximate surface area is 180 Å². The lowest BCUT2D eigenvalue weighted by Crippen LogP contribution is -2.18. The van der Waals surface area contributed by atoms with Gasteiger partial charge >= 0.3 is 5.97 Å². The third kappa shape index (κ3) is 6.10. The van der Waals surface area contributed by atoms with Gasteiger partial charge in [0.25, 0.3) is 0 Å². The zero-order chi connectivity index (χ0) is 20.5. The Hall–Kier alpha value is -2.32. The molecule has 0 aliphatic heterocycles. The summed E-state index contributed by atoms with van der Waals surface area (Å²) in [5.74, 6) is -0.0690. The smallest absolute Gasteiger partial charge is 0.358 e. The van der Waals surface area contributed by atoms with Gasteiger partial charge in [0.1, 0.15) is 13.2 Å². The van der Waals surface area contributed by atoms with Crippen LogP contribution in [0.3, 0.4) is 0 Å². The monoisotopic (exact) mass is 511 g/mol. The summed E-state index contributed by atoms with van der Waals surface area (Å²) in [7, 11) is 1.56. The van der Waals surface area contributed by atoms with Crippen molar-refractivity contribution in [2.24, 2.45) is 5.16 Å². The number of nitrogens with zero attached hydrogens (tertiary/aromatic N) is 1. The summed E-state index contributed by atoms with van der Waals surface area (Å²) in [6.45, 7) is 2.14. The van der Waals surface area contributed by atoms with E-state index < -0.39 is 5.97 Å². The summed E-state index contributed by atoms with van der Waals surface area (Å²) in [5.41, 5.74) is 1.82. The quantitative estimate of drug-likeness (QED) is 0.369. The van der Waals surface area contributed by atoms with E-state index in [1.54, 1.807) is 44.4 Å². The van der Waals surface area contributed by atoms with Crippen molar-refractivity contribution in [3.63, 3.8) is 0 Å². The molecule has 0 atom stereocenters. The van der Waals surface area contributed by atoms with Gasteiger partial charge in [-0.05, 0) is 68.1 Å². The van der Waals surface area contributed by atoms with Crippen molar-refractivity contribution < 1.29 is 24.2 Å². The van der Waals surface area contributed by atoms with Crippen LogP contribution >= 0.6 is 31.9 Å². The molecular formula is C20H19Br2NO5. The predicted octanol–water partition coefficient (Wildman–Crippen LogP) is 5.19. The molecule has 2 rings (SSSR count). The third-order valence-corrected chi connectivity index (χ3v) is 4.06. The van der Waals surface area contributed by atoms with Gasteiger partial charge in [-0.2, -0.15) is 0 Å². The van der Waals surface area contributed by atoms with Crippen LogP contribution in [-0.2, 0) is 16.2 Å². The number of methoxy groups -OCH3 is 1. The highest BCUT2D eigenvalue weighted by Gasteiger charge is 2.18. The molecule has 2 aromatic carbocycles. The molecule has 0 aliphatic rings. The summed E-state index contributed by atoms with van der Waals surface area (Å²) in [4.78, 5) is 16.5. The van der Waals surface area contributed by atoms with Crippen LogP contribution in [0.5, 0.6) is 11.5 Å². The molecule has 148 valence electrons. The molecule has 1 N–H and O–H groups in total. The highest BCUT2D eigenvalue weighted by Crippen LogP contribution is 2.31. The zero-order valence-electron chi connectivity index (χ0n) is 15.3. The number of carboxylic acids is 1. The minimum absolute atomic E-state index is 0.133. The van der Waals surface area contributed by atoms with Crippen LogP contribution in [0.2, 0.25) is 0 Å². The molecule has 0 bridgehead atoms. The van der Waals surface area contributed by atoms with E-state index in [0.29, 0.717) is 22.6 Å². The van der Waals surface area contributed by atoms with Crippen LogP contribution in [0.4, 0.5) is 0 Å². The fraction of sp³-hybridized carbons (Fsp3) is 0.200. The van der Waals surface area contributed by atoms with Crippen LogP contribution in [-0.4, -0.2) is 30.5 Å². The maximum Gasteiger partial charge on any atom is 0.358 e. The second-order valence-electron chi connectivity index (χ2n) is 5.45. The van der Waals surface area contributed by atoms with Gasteiger partial charge < -0.3 is 19.4 Å². The molecule has 0 radical (unpaired) electrons. The van der Waals surface area contributed by atoms with Gasteiger partial charge in [0.2, 0.25) is 0 Å². The molecule has 0 amide bonds. The van der Waals surface area contributed by atoms with Crippen LogP contribution in [0.15, 0.2) is 51.0 Å². The maximum absolute atomic E-state index is 11.6. The number of benzene rings is 2. The lowest BCUT2D eigenvalue weighted by Gasteiger charge is -2.14. The van der Waals surface area contributed by atoms with Gasteiger partial charge in [-0.1, -0.05) is 35.5 Å². The van der Waals surface area contributed by atoms with E-state index in [1.165, 1.54) is 0 Å². The molecule has 0 heterocycles. The average molecular weight is 513 g/mol. The van der Waals surface area contributed by atoms with Crippen LogP contribution in [0.25, 0.3) is 6.08 Å². The Bertz CT molecular complexity index is 892. The number of halogens is 2. The fourth-order valence-corrected chi connectivity index (χ4v) is 2.92. The Balaban J connectivity index is 2.33. The normalized spacial score (nSPS) is 10.9. The van der Waals surface area contributed by atoms with Gasteiger partial charge in [-0.25, -0.2) is 4.79 Å². The first-order chi connectivity index (χ1) is 13.5. The molecule has 0 spiro atoms. The highest BCUT2D eigenvalue weighted by atomic mass is 79.9. The Morgan fingerprint density at radius 2 is 1.93 bits per heavy atom. The van der Waals surface area contributed by atoms with Crippen molar-refractivity contribution in [3.8, 4) is 11.5 Å². The number of rotatable bonds is 9. The molecular weight excluding hydrogens is 494 g/mol. The van der Waals surface area contributed by atoms with E-state index in [1.807, 2.05) is 18.2 Å². The van der Waals surface area contributed by atoms with Crippen molar-refractivity contribution in [1.29, 1.82) is 0 Å². The van der Waals surface area contributed by atoms with Gasteiger partial charge in [-0.3, -0.25) is 0 Å². The van der Waals surface area contributed by atoms with Gasteiger partial charge in [-0.15, -0.1) is 0 Å². The second kappa shape index (κ2) is 10.9. The largest absolute Gasteiger partial charge is 0.493 e. The summed E-state index contributed by atoms with van der Waals surface area (Å²) in [5, 5.41) is 13.2. The van der Waals surface area contributed by atoms with Gasteiger partial charge in [0, 0.05) is 5.56 Å². The predicted molar refractivity (Wildman–Crippen MR) is 115 cm³/mol. The van der Waals surface area contributed by atoms with Crippen LogP contribution < -0.4 is 9.47 Å². The first-order valence-electron chi connectivity index (χ1n) is 8.31. The van der Waals surface area contributed by atoms with E-state index in [9.17, 15) is 9.90 Å². The summed E-state index contributed by atoms with van der Waals surface area (Å²) in [6.07, 6.45) is 1.87. The SMILES string of the molecule is CCON=C(C(=O)O)c1ccccc1COc1cc(C=C(Br)Br)ccc1OC. The lowest BCUT2D eigenvalue weighted by atomic mass is 10.0. The number of oxime groups is 1.